The summed E-state index contributed by atoms with van der Waals surface area (Å²) >= 11 is 0. The zero-order chi connectivity index (χ0) is 39.2. The van der Waals surface area contributed by atoms with E-state index in [1.54, 1.807) is 0 Å². The highest BCUT2D eigenvalue weighted by Crippen LogP contribution is 2.55. The average Bonchev–Trinajstić information content (AvgIpc) is 3.74. The van der Waals surface area contributed by atoms with Gasteiger partial charge < -0.3 is 9.47 Å². The number of hydrogen-bond donors (Lipinski definition) is 0. The van der Waals surface area contributed by atoms with Gasteiger partial charge in [0.25, 0.3) is 0 Å². The van der Waals surface area contributed by atoms with Crippen molar-refractivity contribution in [1.82, 2.24) is 4.57 Å². The van der Waals surface area contributed by atoms with Crippen LogP contribution in [0.15, 0.2) is 212 Å². The van der Waals surface area contributed by atoms with Crippen LogP contribution in [-0.2, 0) is 5.41 Å². The molecule has 8 aromatic carbocycles. The van der Waals surface area contributed by atoms with Gasteiger partial charge in [0.1, 0.15) is 0 Å². The summed E-state index contributed by atoms with van der Waals surface area (Å²) in [7, 11) is 0. The van der Waals surface area contributed by atoms with Gasteiger partial charge in [0.05, 0.1) is 11.0 Å². The van der Waals surface area contributed by atoms with E-state index in [4.69, 9.17) is 0 Å². The first-order chi connectivity index (χ1) is 29.0. The smallest absolute Gasteiger partial charge is 0.0542 e. The molecule has 0 saturated carbocycles. The molecule has 59 heavy (non-hydrogen) atoms. The topological polar surface area (TPSA) is 8.17 Å². The Morgan fingerprint density at radius 2 is 0.983 bits per heavy atom. The van der Waals surface area contributed by atoms with E-state index in [1.165, 1.54) is 83.1 Å². The van der Waals surface area contributed by atoms with Crippen LogP contribution < -0.4 is 4.90 Å². The van der Waals surface area contributed by atoms with Gasteiger partial charge in [0, 0.05) is 39.4 Å². The molecule has 0 fully saturated rings. The van der Waals surface area contributed by atoms with E-state index in [9.17, 15) is 0 Å². The van der Waals surface area contributed by atoms with Crippen LogP contribution in [-0.4, -0.2) is 4.57 Å². The number of rotatable bonds is 4. The minimum Gasteiger partial charge on any atom is -0.311 e. The Hall–Kier alpha value is -7.16. The summed E-state index contributed by atoms with van der Waals surface area (Å²) in [6, 6.07) is 69.6. The van der Waals surface area contributed by atoms with Gasteiger partial charge in [0.15, 0.2) is 0 Å². The van der Waals surface area contributed by atoms with Crippen molar-refractivity contribution in [3.63, 3.8) is 0 Å². The predicted octanol–water partition coefficient (Wildman–Crippen LogP) is 15.0. The highest BCUT2D eigenvalue weighted by molar-refractivity contribution is 6.11. The monoisotopic (exact) mass is 754 g/mol. The van der Waals surface area contributed by atoms with Gasteiger partial charge in [0.2, 0.25) is 0 Å². The van der Waals surface area contributed by atoms with Gasteiger partial charge in [-0.05, 0) is 122 Å². The fraction of sp³-hybridized carbons (Fsp3) is 0.0877. The summed E-state index contributed by atoms with van der Waals surface area (Å²) < 4.78 is 2.40. The van der Waals surface area contributed by atoms with E-state index in [1.807, 2.05) is 0 Å². The van der Waals surface area contributed by atoms with Crippen molar-refractivity contribution < 1.29 is 0 Å². The molecule has 0 aliphatic heterocycles. The van der Waals surface area contributed by atoms with Gasteiger partial charge in [-0.2, -0.15) is 0 Å². The van der Waals surface area contributed by atoms with E-state index in [-0.39, 0.29) is 5.41 Å². The quantitative estimate of drug-likeness (QED) is 0.174. The SMILES string of the molecule is CC1(C)c2ccccc2C2C=CC(N(c3ccc4c(c3)-c3ccccc3-c3ccccc3-c3ccccc3-4)c3ccc4c(c3)c3ccccc3n4-c3ccccc3)=CC21. The molecule has 9 aromatic rings. The maximum absolute atomic E-state index is 2.57. The largest absolute Gasteiger partial charge is 0.311 e. The highest BCUT2D eigenvalue weighted by Gasteiger charge is 2.45. The Kier molecular flexibility index (Phi) is 7.43. The second kappa shape index (κ2) is 12.9. The average molecular weight is 755 g/mol. The van der Waals surface area contributed by atoms with Crippen LogP contribution in [0.2, 0.25) is 0 Å². The first-order valence-electron chi connectivity index (χ1n) is 20.9. The van der Waals surface area contributed by atoms with Crippen molar-refractivity contribution in [2.45, 2.75) is 25.2 Å². The first kappa shape index (κ1) is 33.9. The molecule has 2 unspecified atom stereocenters. The zero-order valence-electron chi connectivity index (χ0n) is 33.2. The predicted molar refractivity (Wildman–Crippen MR) is 248 cm³/mol. The minimum atomic E-state index is -0.0158. The molecule has 1 heterocycles. The lowest BCUT2D eigenvalue weighted by Gasteiger charge is -2.35. The lowest BCUT2D eigenvalue weighted by atomic mass is 9.74. The van der Waals surface area contributed by atoms with Crippen LogP contribution in [0.4, 0.5) is 11.4 Å². The molecule has 1 aromatic heterocycles. The van der Waals surface area contributed by atoms with Crippen molar-refractivity contribution in [2.24, 2.45) is 5.92 Å². The van der Waals surface area contributed by atoms with Crippen molar-refractivity contribution >= 4 is 33.2 Å². The van der Waals surface area contributed by atoms with Gasteiger partial charge in [-0.3, -0.25) is 0 Å². The first-order valence-corrected chi connectivity index (χ1v) is 20.9. The highest BCUT2D eigenvalue weighted by atomic mass is 15.1. The normalized spacial score (nSPS) is 16.8. The van der Waals surface area contributed by atoms with Crippen LogP contribution in [0, 0.1) is 5.92 Å². The summed E-state index contributed by atoms with van der Waals surface area (Å²) in [4.78, 5) is 2.52. The lowest BCUT2D eigenvalue weighted by Crippen LogP contribution is -2.28. The molecule has 0 N–H and O–H groups in total. The summed E-state index contributed by atoms with van der Waals surface area (Å²) in [5.74, 6) is 0.664. The Morgan fingerprint density at radius 3 is 1.68 bits per heavy atom. The third-order valence-corrected chi connectivity index (χ3v) is 13.4. The molecule has 0 saturated heterocycles. The Morgan fingerprint density at radius 1 is 0.458 bits per heavy atom. The van der Waals surface area contributed by atoms with E-state index in [0.29, 0.717) is 11.8 Å². The van der Waals surface area contributed by atoms with Crippen molar-refractivity contribution in [2.75, 3.05) is 4.90 Å². The van der Waals surface area contributed by atoms with Crippen LogP contribution in [0.3, 0.4) is 0 Å². The Labute approximate surface area is 345 Å². The van der Waals surface area contributed by atoms with Gasteiger partial charge in [-0.1, -0.05) is 166 Å². The maximum Gasteiger partial charge on any atom is 0.0542 e. The zero-order valence-corrected chi connectivity index (χ0v) is 33.2. The number of para-hydroxylation sites is 2. The van der Waals surface area contributed by atoms with Crippen LogP contribution in [0.25, 0.3) is 72.0 Å². The molecule has 2 heteroatoms. The molecule has 280 valence electrons. The number of benzene rings is 8. The van der Waals surface area contributed by atoms with E-state index in [2.05, 4.69) is 230 Å². The number of hydrogen-bond acceptors (Lipinski definition) is 1. The standard InChI is InChI=1S/C57H42N2/c1-57(2)53-26-14-12-24-48(53)49-32-29-40(36-54(49)57)58(39-30-33-56-52(35-39)50-25-13-15-27-55(50)59(56)37-16-4-3-5-17-37)38-28-31-47-45-22-9-8-20-43(45)41-18-6-7-19-42(41)44-21-10-11-23-46(44)51(47)34-38/h3-36,49,54H,1-2H3. The minimum absolute atomic E-state index is 0.0158. The molecule has 2 nitrogen and oxygen atoms in total. The number of nitrogens with zero attached hydrogens (tertiary/aromatic N) is 2. The van der Waals surface area contributed by atoms with Crippen molar-refractivity contribution in [1.29, 1.82) is 0 Å². The number of aromatic nitrogens is 1. The number of allylic oxidation sites excluding steroid dienone is 3. The number of anilines is 2. The lowest BCUT2D eigenvalue weighted by molar-refractivity contribution is 0.392. The van der Waals surface area contributed by atoms with Gasteiger partial charge >= 0.3 is 0 Å². The Bertz CT molecular complexity index is 3210. The Balaban J connectivity index is 1.11. The fourth-order valence-corrected chi connectivity index (χ4v) is 10.7. The molecule has 3 aliphatic carbocycles. The summed E-state index contributed by atoms with van der Waals surface area (Å²) in [6.07, 6.45) is 7.42. The summed E-state index contributed by atoms with van der Waals surface area (Å²) in [6.45, 7) is 4.85. The molecule has 3 aliphatic rings. The molecule has 2 atom stereocenters. The van der Waals surface area contributed by atoms with Crippen molar-refractivity contribution in [3.8, 4) is 50.2 Å². The van der Waals surface area contributed by atoms with Gasteiger partial charge in [-0.15, -0.1) is 0 Å². The van der Waals surface area contributed by atoms with E-state index >= 15 is 0 Å². The molecule has 0 amide bonds. The van der Waals surface area contributed by atoms with Crippen LogP contribution in [0.1, 0.15) is 30.9 Å². The van der Waals surface area contributed by atoms with Crippen LogP contribution >= 0.6 is 0 Å². The molecule has 0 bridgehead atoms. The molecular formula is C57H42N2. The second-order valence-electron chi connectivity index (χ2n) is 16.9. The van der Waals surface area contributed by atoms with E-state index < -0.39 is 0 Å². The molecule has 0 radical (unpaired) electrons. The fourth-order valence-electron chi connectivity index (χ4n) is 10.7. The third-order valence-electron chi connectivity index (χ3n) is 13.4. The maximum atomic E-state index is 2.57. The van der Waals surface area contributed by atoms with Crippen molar-refractivity contribution in [3.05, 3.63) is 223 Å². The van der Waals surface area contributed by atoms with Gasteiger partial charge in [-0.25, -0.2) is 0 Å². The van der Waals surface area contributed by atoms with E-state index in [0.717, 1.165) is 17.1 Å². The molecular weight excluding hydrogens is 713 g/mol. The second-order valence-corrected chi connectivity index (χ2v) is 16.9. The molecule has 0 spiro atoms. The van der Waals surface area contributed by atoms with Crippen LogP contribution in [0.5, 0.6) is 0 Å². The summed E-state index contributed by atoms with van der Waals surface area (Å²) in [5, 5.41) is 2.48. The molecule has 12 rings (SSSR count). The summed E-state index contributed by atoms with van der Waals surface area (Å²) in [5.41, 5.74) is 19.9. The number of fused-ring (bicyclic) bond motifs is 14. The third kappa shape index (κ3) is 5.06.